The summed E-state index contributed by atoms with van der Waals surface area (Å²) in [5.74, 6) is -0.885. The third kappa shape index (κ3) is 61.4. The Morgan fingerprint density at radius 2 is 0.513 bits per heavy atom. The molecule has 1 atom stereocenters. The van der Waals surface area contributed by atoms with Crippen LogP contribution in [0.5, 0.6) is 0 Å². The zero-order chi connectivity index (χ0) is 55.0. The van der Waals surface area contributed by atoms with Gasteiger partial charge in [-0.1, -0.05) is 292 Å². The van der Waals surface area contributed by atoms with Crippen molar-refractivity contribution >= 4 is 17.9 Å². The quantitative estimate of drug-likeness (QED) is 0.0261. The van der Waals surface area contributed by atoms with Crippen LogP contribution < -0.4 is 0 Å². The van der Waals surface area contributed by atoms with E-state index < -0.39 is 6.10 Å². The van der Waals surface area contributed by atoms with Crippen LogP contribution in [-0.4, -0.2) is 37.2 Å². The van der Waals surface area contributed by atoms with Crippen LogP contribution in [-0.2, 0) is 28.6 Å². The molecule has 0 aromatic rings. The van der Waals surface area contributed by atoms with Gasteiger partial charge in [0.25, 0.3) is 0 Å². The third-order valence-corrected chi connectivity index (χ3v) is 14.1. The summed E-state index contributed by atoms with van der Waals surface area (Å²) >= 11 is 0. The van der Waals surface area contributed by atoms with Crippen LogP contribution in [0, 0.1) is 0 Å². The first kappa shape index (κ1) is 72.6. The zero-order valence-electron chi connectivity index (χ0n) is 50.3. The predicted molar refractivity (Wildman–Crippen MR) is 330 cm³/mol. The molecule has 0 radical (unpaired) electrons. The molecule has 0 saturated carbocycles. The van der Waals surface area contributed by atoms with Gasteiger partial charge in [0.1, 0.15) is 13.2 Å². The van der Waals surface area contributed by atoms with E-state index in [9.17, 15) is 14.4 Å². The van der Waals surface area contributed by atoms with E-state index in [-0.39, 0.29) is 31.1 Å². The highest BCUT2D eigenvalue weighted by molar-refractivity contribution is 5.71. The molecule has 0 spiro atoms. The molecule has 0 saturated heterocycles. The zero-order valence-corrected chi connectivity index (χ0v) is 50.3. The standard InChI is InChI=1S/C70H122O6/c1-4-7-10-13-16-18-20-22-24-26-27-28-29-30-31-32-33-34-35-36-37-38-39-40-41-42-43-44-46-47-49-51-54-57-60-63-69(72)75-66-67(65-74-68(71)62-59-56-53-15-12-9-6-3)76-70(73)64-61-58-55-52-50-48-45-25-23-21-19-17-14-11-8-5-2/h7,10,16,18-19,21-22,24-25,27-28,30-31,45,67H,4-6,8-9,11-15,17,20,23,26,29,32-44,46-66H2,1-3H3/b10-7-,18-16-,21-19-,24-22-,28-27-,31-30-,45-25-. The number of carbonyl (C=O) groups is 3. The van der Waals surface area contributed by atoms with E-state index in [1.165, 1.54) is 167 Å². The van der Waals surface area contributed by atoms with Gasteiger partial charge in [-0.15, -0.1) is 0 Å². The first-order valence-electron chi connectivity index (χ1n) is 32.6. The molecule has 6 nitrogen and oxygen atoms in total. The largest absolute Gasteiger partial charge is 0.462 e. The van der Waals surface area contributed by atoms with E-state index in [4.69, 9.17) is 14.2 Å². The third-order valence-electron chi connectivity index (χ3n) is 14.1. The van der Waals surface area contributed by atoms with Crippen LogP contribution >= 0.6 is 0 Å². The summed E-state index contributed by atoms with van der Waals surface area (Å²) in [5.41, 5.74) is 0. The smallest absolute Gasteiger partial charge is 0.306 e. The minimum atomic E-state index is -0.778. The minimum absolute atomic E-state index is 0.0775. The lowest BCUT2D eigenvalue weighted by atomic mass is 10.0. The molecule has 0 aliphatic heterocycles. The van der Waals surface area contributed by atoms with E-state index in [0.717, 1.165) is 116 Å². The number of rotatable bonds is 59. The summed E-state index contributed by atoms with van der Waals surface area (Å²) in [4.78, 5) is 38.0. The highest BCUT2D eigenvalue weighted by Gasteiger charge is 2.19. The van der Waals surface area contributed by atoms with Crippen LogP contribution in [0.25, 0.3) is 0 Å². The van der Waals surface area contributed by atoms with E-state index in [1.807, 2.05) is 0 Å². The highest BCUT2D eigenvalue weighted by atomic mass is 16.6. The summed E-state index contributed by atoms with van der Waals surface area (Å²) in [7, 11) is 0. The van der Waals surface area contributed by atoms with Crippen molar-refractivity contribution < 1.29 is 28.6 Å². The van der Waals surface area contributed by atoms with E-state index in [1.54, 1.807) is 0 Å². The van der Waals surface area contributed by atoms with Crippen molar-refractivity contribution in [3.63, 3.8) is 0 Å². The molecule has 0 rings (SSSR count). The second-order valence-electron chi connectivity index (χ2n) is 21.6. The van der Waals surface area contributed by atoms with Gasteiger partial charge in [-0.05, 0) is 96.3 Å². The van der Waals surface area contributed by atoms with Crippen LogP contribution in [0.3, 0.4) is 0 Å². The number of allylic oxidation sites excluding steroid dienone is 14. The van der Waals surface area contributed by atoms with E-state index >= 15 is 0 Å². The molecule has 438 valence electrons. The molecule has 0 aliphatic rings. The fourth-order valence-electron chi connectivity index (χ4n) is 9.27. The number of unbranched alkanes of at least 4 members (excludes halogenated alkanes) is 34. The van der Waals surface area contributed by atoms with Crippen molar-refractivity contribution in [1.29, 1.82) is 0 Å². The van der Waals surface area contributed by atoms with Crippen molar-refractivity contribution in [3.05, 3.63) is 85.1 Å². The summed E-state index contributed by atoms with van der Waals surface area (Å²) in [6.45, 7) is 6.48. The Kier molecular flexibility index (Phi) is 61.2. The van der Waals surface area contributed by atoms with Crippen LogP contribution in [0.1, 0.15) is 323 Å². The fourth-order valence-corrected chi connectivity index (χ4v) is 9.27. The average molecular weight is 1060 g/mol. The summed E-state index contributed by atoms with van der Waals surface area (Å²) in [6.07, 6.45) is 84.9. The van der Waals surface area contributed by atoms with Gasteiger partial charge in [0.15, 0.2) is 6.10 Å². The predicted octanol–water partition coefficient (Wildman–Crippen LogP) is 22.3. The van der Waals surface area contributed by atoms with Gasteiger partial charge in [-0.3, -0.25) is 14.4 Å². The second-order valence-corrected chi connectivity index (χ2v) is 21.6. The first-order chi connectivity index (χ1) is 37.5. The molecular weight excluding hydrogens is 937 g/mol. The molecular formula is C70H122O6. The average Bonchev–Trinajstić information content (AvgIpc) is 3.42. The highest BCUT2D eigenvalue weighted by Crippen LogP contribution is 2.17. The Labute approximate surface area is 471 Å². The van der Waals surface area contributed by atoms with E-state index in [2.05, 4.69) is 106 Å². The molecule has 0 heterocycles. The van der Waals surface area contributed by atoms with Crippen LogP contribution in [0.2, 0.25) is 0 Å². The Hall–Kier alpha value is -3.41. The Bertz CT molecular complexity index is 1450. The molecule has 1 unspecified atom stereocenters. The number of hydrogen-bond donors (Lipinski definition) is 0. The van der Waals surface area contributed by atoms with Crippen LogP contribution in [0.15, 0.2) is 85.1 Å². The van der Waals surface area contributed by atoms with Crippen molar-refractivity contribution in [2.24, 2.45) is 0 Å². The lowest BCUT2D eigenvalue weighted by Gasteiger charge is -2.18. The normalized spacial score (nSPS) is 12.6. The monoisotopic (exact) mass is 1060 g/mol. The lowest BCUT2D eigenvalue weighted by Crippen LogP contribution is -2.30. The number of hydrogen-bond acceptors (Lipinski definition) is 6. The van der Waals surface area contributed by atoms with Crippen molar-refractivity contribution in [2.75, 3.05) is 13.2 Å². The topological polar surface area (TPSA) is 78.9 Å². The van der Waals surface area contributed by atoms with Crippen molar-refractivity contribution in [2.45, 2.75) is 329 Å². The van der Waals surface area contributed by atoms with Gasteiger partial charge in [0.2, 0.25) is 0 Å². The SMILES string of the molecule is CC/C=C\C/C=C\C/C=C\C/C=C\C/C=C\CCCCCCCCCCCCCCCCCCCCCC(=O)OCC(COC(=O)CCCCCCCCC)OC(=O)CCCCCCC/C=C\C/C=C\CCCCCC. The van der Waals surface area contributed by atoms with Gasteiger partial charge in [0.05, 0.1) is 0 Å². The Morgan fingerprint density at radius 1 is 0.276 bits per heavy atom. The minimum Gasteiger partial charge on any atom is -0.462 e. The maximum Gasteiger partial charge on any atom is 0.306 e. The van der Waals surface area contributed by atoms with Crippen LogP contribution in [0.4, 0.5) is 0 Å². The Morgan fingerprint density at radius 3 is 0.816 bits per heavy atom. The maximum absolute atomic E-state index is 12.8. The summed E-state index contributed by atoms with van der Waals surface area (Å²) < 4.78 is 16.8. The van der Waals surface area contributed by atoms with Gasteiger partial charge in [-0.25, -0.2) is 0 Å². The van der Waals surface area contributed by atoms with Gasteiger partial charge < -0.3 is 14.2 Å². The van der Waals surface area contributed by atoms with Gasteiger partial charge in [0, 0.05) is 19.3 Å². The molecule has 76 heavy (non-hydrogen) atoms. The molecule has 0 N–H and O–H groups in total. The van der Waals surface area contributed by atoms with Gasteiger partial charge >= 0.3 is 17.9 Å². The number of esters is 3. The molecule has 6 heteroatoms. The molecule has 0 aliphatic carbocycles. The Balaban J connectivity index is 3.99. The summed E-state index contributed by atoms with van der Waals surface area (Å²) in [6, 6.07) is 0. The second kappa shape index (κ2) is 64.1. The lowest BCUT2D eigenvalue weighted by molar-refractivity contribution is -0.167. The number of ether oxygens (including phenoxy) is 3. The molecule has 0 bridgehead atoms. The maximum atomic E-state index is 12.8. The van der Waals surface area contributed by atoms with Gasteiger partial charge in [-0.2, -0.15) is 0 Å². The van der Waals surface area contributed by atoms with Crippen molar-refractivity contribution in [3.8, 4) is 0 Å². The molecule has 0 aromatic carbocycles. The molecule has 0 fully saturated rings. The summed E-state index contributed by atoms with van der Waals surface area (Å²) in [5, 5.41) is 0. The molecule has 0 aromatic heterocycles. The number of carbonyl (C=O) groups excluding carboxylic acids is 3. The van der Waals surface area contributed by atoms with Crippen molar-refractivity contribution in [1.82, 2.24) is 0 Å². The molecule has 0 amide bonds. The first-order valence-corrected chi connectivity index (χ1v) is 32.6. The fraction of sp³-hybridized carbons (Fsp3) is 0.757. The van der Waals surface area contributed by atoms with E-state index in [0.29, 0.717) is 19.3 Å².